The molecule has 0 aliphatic heterocycles. The van der Waals surface area contributed by atoms with Gasteiger partial charge in [-0.2, -0.15) is 0 Å². The van der Waals surface area contributed by atoms with Crippen LogP contribution in [0.5, 0.6) is 5.75 Å². The molecule has 2 rings (SSSR count). The number of benzene rings is 2. The summed E-state index contributed by atoms with van der Waals surface area (Å²) in [5.41, 5.74) is 5.37. The van der Waals surface area contributed by atoms with Crippen LogP contribution in [0.25, 0.3) is 0 Å². The largest absolute Gasteiger partial charge is 0.484 e. The summed E-state index contributed by atoms with van der Waals surface area (Å²) >= 11 is 5.73. The van der Waals surface area contributed by atoms with Crippen LogP contribution >= 0.6 is 11.6 Å². The zero-order valence-corrected chi connectivity index (χ0v) is 12.7. The molecular formula is C16H13ClN2O4. The smallest absolute Gasteiger partial charge is 0.276 e. The molecule has 0 atom stereocenters. The molecule has 0 bridgehead atoms. The fraction of sp³-hybridized carbons (Fsp3) is 0.0625. The van der Waals surface area contributed by atoms with Crippen LogP contribution in [-0.2, 0) is 4.79 Å². The lowest BCUT2D eigenvalue weighted by Crippen LogP contribution is -2.43. The molecule has 0 saturated heterocycles. The Morgan fingerprint density at radius 3 is 2.26 bits per heavy atom. The summed E-state index contributed by atoms with van der Waals surface area (Å²) in [6, 6.07) is 12.5. The molecule has 0 radical (unpaired) electrons. The minimum Gasteiger partial charge on any atom is -0.484 e. The summed E-state index contributed by atoms with van der Waals surface area (Å²) in [5.74, 6) is -0.549. The van der Waals surface area contributed by atoms with Crippen LogP contribution < -0.4 is 15.6 Å². The molecule has 0 aliphatic rings. The molecule has 0 fully saturated rings. The second-order valence-electron chi connectivity index (χ2n) is 4.48. The van der Waals surface area contributed by atoms with Crippen molar-refractivity contribution in [2.24, 2.45) is 0 Å². The minimum absolute atomic E-state index is 0.276. The average molecular weight is 333 g/mol. The highest BCUT2D eigenvalue weighted by molar-refractivity contribution is 6.30. The molecule has 6 nitrogen and oxygen atoms in total. The quantitative estimate of drug-likeness (QED) is 0.648. The minimum atomic E-state index is -0.522. The summed E-state index contributed by atoms with van der Waals surface area (Å²) in [6.07, 6.45) is 0.711. The van der Waals surface area contributed by atoms with Crippen molar-refractivity contribution in [1.29, 1.82) is 0 Å². The molecule has 0 heterocycles. The fourth-order valence-electron chi connectivity index (χ4n) is 1.63. The molecule has 0 aliphatic carbocycles. The SMILES string of the molecule is O=Cc1ccc(OCC(=O)NNC(=O)c2ccc(Cl)cc2)cc1. The molecule has 0 aromatic heterocycles. The predicted octanol–water partition coefficient (Wildman–Crippen LogP) is 1.99. The summed E-state index contributed by atoms with van der Waals surface area (Å²) < 4.78 is 5.22. The molecule has 0 spiro atoms. The maximum atomic E-state index is 11.8. The van der Waals surface area contributed by atoms with Crippen LogP contribution in [0.2, 0.25) is 5.02 Å². The van der Waals surface area contributed by atoms with E-state index >= 15 is 0 Å². The molecule has 0 saturated carbocycles. The number of rotatable bonds is 5. The summed E-state index contributed by atoms with van der Waals surface area (Å²) in [7, 11) is 0. The van der Waals surface area contributed by atoms with Gasteiger partial charge >= 0.3 is 0 Å². The lowest BCUT2D eigenvalue weighted by Gasteiger charge is -2.09. The Labute approximate surface area is 137 Å². The number of hydrogen-bond acceptors (Lipinski definition) is 4. The van der Waals surface area contributed by atoms with Gasteiger partial charge in [-0.25, -0.2) is 0 Å². The van der Waals surface area contributed by atoms with Gasteiger partial charge in [0.15, 0.2) is 6.61 Å². The fourth-order valence-corrected chi connectivity index (χ4v) is 1.75. The van der Waals surface area contributed by atoms with E-state index in [1.807, 2.05) is 0 Å². The average Bonchev–Trinajstić information content (AvgIpc) is 2.59. The van der Waals surface area contributed by atoms with Gasteiger partial charge in [-0.15, -0.1) is 0 Å². The molecular weight excluding hydrogens is 320 g/mol. The third-order valence-electron chi connectivity index (χ3n) is 2.81. The van der Waals surface area contributed by atoms with Crippen molar-refractivity contribution in [2.45, 2.75) is 0 Å². The van der Waals surface area contributed by atoms with Crippen LogP contribution in [0, 0.1) is 0 Å². The Morgan fingerprint density at radius 1 is 1.00 bits per heavy atom. The second kappa shape index (κ2) is 7.95. The van der Waals surface area contributed by atoms with E-state index in [-0.39, 0.29) is 6.61 Å². The van der Waals surface area contributed by atoms with E-state index in [4.69, 9.17) is 16.3 Å². The van der Waals surface area contributed by atoms with E-state index in [0.29, 0.717) is 28.2 Å². The van der Waals surface area contributed by atoms with E-state index in [0.717, 1.165) is 0 Å². The van der Waals surface area contributed by atoms with Crippen LogP contribution in [-0.4, -0.2) is 24.7 Å². The van der Waals surface area contributed by atoms with E-state index in [1.54, 1.807) is 36.4 Å². The highest BCUT2D eigenvalue weighted by atomic mass is 35.5. The molecule has 2 aromatic rings. The number of carbonyl (C=O) groups is 3. The van der Waals surface area contributed by atoms with Gasteiger partial charge in [0.05, 0.1) is 0 Å². The normalized spacial score (nSPS) is 9.78. The number of aldehydes is 1. The maximum Gasteiger partial charge on any atom is 0.276 e. The topological polar surface area (TPSA) is 84.5 Å². The van der Waals surface area contributed by atoms with Crippen molar-refractivity contribution in [3.8, 4) is 5.75 Å². The zero-order valence-electron chi connectivity index (χ0n) is 11.9. The van der Waals surface area contributed by atoms with Crippen LogP contribution in [0.4, 0.5) is 0 Å². The van der Waals surface area contributed by atoms with Gasteiger partial charge in [0.2, 0.25) is 0 Å². The van der Waals surface area contributed by atoms with E-state index in [2.05, 4.69) is 10.9 Å². The van der Waals surface area contributed by atoms with Gasteiger partial charge in [-0.05, 0) is 48.5 Å². The lowest BCUT2D eigenvalue weighted by molar-refractivity contribution is -0.123. The monoisotopic (exact) mass is 332 g/mol. The first-order valence-corrected chi connectivity index (χ1v) is 6.99. The van der Waals surface area contributed by atoms with E-state index < -0.39 is 11.8 Å². The van der Waals surface area contributed by atoms with Crippen molar-refractivity contribution >= 4 is 29.7 Å². The van der Waals surface area contributed by atoms with E-state index in [9.17, 15) is 14.4 Å². The van der Waals surface area contributed by atoms with Crippen molar-refractivity contribution in [3.63, 3.8) is 0 Å². The first-order chi connectivity index (χ1) is 11.1. The van der Waals surface area contributed by atoms with Gasteiger partial charge < -0.3 is 4.74 Å². The van der Waals surface area contributed by atoms with Gasteiger partial charge in [-0.3, -0.25) is 25.2 Å². The summed E-state index contributed by atoms with van der Waals surface area (Å²) in [6.45, 7) is -0.276. The number of ether oxygens (including phenoxy) is 1. The van der Waals surface area contributed by atoms with Crippen molar-refractivity contribution in [1.82, 2.24) is 10.9 Å². The predicted molar refractivity (Wildman–Crippen MR) is 84.4 cm³/mol. The van der Waals surface area contributed by atoms with Crippen molar-refractivity contribution in [2.75, 3.05) is 6.61 Å². The molecule has 2 amide bonds. The van der Waals surface area contributed by atoms with Gasteiger partial charge in [0.1, 0.15) is 12.0 Å². The Hall–Kier alpha value is -2.86. The molecule has 2 N–H and O–H groups in total. The lowest BCUT2D eigenvalue weighted by atomic mass is 10.2. The first kappa shape index (κ1) is 16.5. The number of hydrogen-bond donors (Lipinski definition) is 2. The standard InChI is InChI=1S/C16H13ClN2O4/c17-13-5-3-12(4-6-13)16(22)19-18-15(21)10-23-14-7-1-11(9-20)2-8-14/h1-9H,10H2,(H,18,21)(H,19,22). The van der Waals surface area contributed by atoms with Crippen LogP contribution in [0.15, 0.2) is 48.5 Å². The Morgan fingerprint density at radius 2 is 1.65 bits per heavy atom. The highest BCUT2D eigenvalue weighted by Crippen LogP contribution is 2.11. The highest BCUT2D eigenvalue weighted by Gasteiger charge is 2.07. The van der Waals surface area contributed by atoms with Crippen LogP contribution in [0.3, 0.4) is 0 Å². The van der Waals surface area contributed by atoms with Crippen molar-refractivity contribution in [3.05, 3.63) is 64.7 Å². The number of amides is 2. The van der Waals surface area contributed by atoms with Crippen LogP contribution in [0.1, 0.15) is 20.7 Å². The summed E-state index contributed by atoms with van der Waals surface area (Å²) in [5, 5.41) is 0.514. The molecule has 0 unspecified atom stereocenters. The molecule has 7 heteroatoms. The Balaban J connectivity index is 1.77. The summed E-state index contributed by atoms with van der Waals surface area (Å²) in [4.78, 5) is 33.9. The van der Waals surface area contributed by atoms with Gasteiger partial charge in [-0.1, -0.05) is 11.6 Å². The Bertz CT molecular complexity index is 699. The van der Waals surface area contributed by atoms with Crippen molar-refractivity contribution < 1.29 is 19.1 Å². The Kier molecular flexibility index (Phi) is 5.71. The maximum absolute atomic E-state index is 11.8. The third kappa shape index (κ3) is 5.12. The number of halogens is 1. The van der Waals surface area contributed by atoms with E-state index in [1.165, 1.54) is 12.1 Å². The third-order valence-corrected chi connectivity index (χ3v) is 3.06. The number of nitrogens with one attached hydrogen (secondary N) is 2. The number of hydrazine groups is 1. The molecule has 23 heavy (non-hydrogen) atoms. The zero-order chi connectivity index (χ0) is 16.7. The van der Waals surface area contributed by atoms with Gasteiger partial charge in [0.25, 0.3) is 11.8 Å². The number of carbonyl (C=O) groups excluding carboxylic acids is 3. The first-order valence-electron chi connectivity index (χ1n) is 6.61. The molecule has 118 valence electrons. The molecule has 2 aromatic carbocycles. The second-order valence-corrected chi connectivity index (χ2v) is 4.92. The van der Waals surface area contributed by atoms with Gasteiger partial charge in [0, 0.05) is 16.1 Å².